The van der Waals surface area contributed by atoms with Crippen LogP contribution in [-0.4, -0.2) is 41.0 Å². The summed E-state index contributed by atoms with van der Waals surface area (Å²) in [7, 11) is 1.64. The minimum Gasteiger partial charge on any atom is -0.371 e. The Labute approximate surface area is 106 Å². The highest BCUT2D eigenvalue weighted by Gasteiger charge is 2.37. The maximum Gasteiger partial charge on any atom is 0.327 e. The monoisotopic (exact) mass is 253 g/mol. The summed E-state index contributed by atoms with van der Waals surface area (Å²) in [4.78, 5) is 14.6. The largest absolute Gasteiger partial charge is 0.371 e. The van der Waals surface area contributed by atoms with Crippen LogP contribution in [0, 0.1) is 0 Å². The van der Waals surface area contributed by atoms with Crippen LogP contribution in [0.1, 0.15) is 33.0 Å². The van der Waals surface area contributed by atoms with Crippen molar-refractivity contribution in [1.29, 1.82) is 0 Å². The summed E-state index contributed by atoms with van der Waals surface area (Å²) < 4.78 is 5.29. The first kappa shape index (κ1) is 12.9. The Bertz CT molecular complexity index is 455. The number of hydrogen-bond donors (Lipinski definition) is 1. The van der Waals surface area contributed by atoms with Crippen molar-refractivity contribution in [2.45, 2.75) is 38.8 Å². The first-order valence-electron chi connectivity index (χ1n) is 6.06. The second kappa shape index (κ2) is 4.28. The van der Waals surface area contributed by atoms with E-state index in [-0.39, 0.29) is 18.0 Å². The van der Waals surface area contributed by atoms with Crippen molar-refractivity contribution in [2.75, 3.05) is 18.5 Å². The van der Waals surface area contributed by atoms with Gasteiger partial charge in [0, 0.05) is 18.5 Å². The Kier molecular flexibility index (Phi) is 3.06. The zero-order valence-electron chi connectivity index (χ0n) is 11.2. The molecule has 100 valence electrons. The number of carbonyl (C=O) groups excluding carboxylic acids is 1. The molecule has 1 aromatic heterocycles. The molecule has 0 radical (unpaired) electrons. The number of urea groups is 1. The molecule has 2 amide bonds. The number of likely N-dealkylation sites (N-methyl/N-ethyl adjacent to an activating group) is 1. The van der Waals surface area contributed by atoms with Crippen LogP contribution in [0.5, 0.6) is 0 Å². The van der Waals surface area contributed by atoms with Crippen LogP contribution in [-0.2, 0) is 5.41 Å². The summed E-state index contributed by atoms with van der Waals surface area (Å²) in [5, 5.41) is 13.7. The average molecular weight is 253 g/mol. The Hall–Kier alpha value is -1.56. The molecule has 18 heavy (non-hydrogen) atoms. The zero-order valence-corrected chi connectivity index (χ0v) is 11.2. The molecule has 2 heterocycles. The van der Waals surface area contributed by atoms with E-state index in [0.717, 1.165) is 12.2 Å². The molecule has 0 aliphatic carbocycles. The third-order valence-corrected chi connectivity index (χ3v) is 3.56. The molecule has 2 rings (SSSR count). The third-order valence-electron chi connectivity index (χ3n) is 3.56. The van der Waals surface area contributed by atoms with Crippen LogP contribution >= 0.6 is 0 Å². The van der Waals surface area contributed by atoms with E-state index in [4.69, 9.17) is 4.52 Å². The van der Waals surface area contributed by atoms with Gasteiger partial charge < -0.3 is 14.5 Å². The number of carbonyl (C=O) groups is 1. The van der Waals surface area contributed by atoms with Crippen molar-refractivity contribution in [1.82, 2.24) is 10.1 Å². The van der Waals surface area contributed by atoms with Crippen LogP contribution < -0.4 is 4.90 Å². The van der Waals surface area contributed by atoms with Crippen molar-refractivity contribution >= 4 is 11.8 Å². The van der Waals surface area contributed by atoms with Gasteiger partial charge in [-0.05, 0) is 6.42 Å². The highest BCUT2D eigenvalue weighted by Crippen LogP contribution is 2.31. The van der Waals surface area contributed by atoms with Gasteiger partial charge in [0.05, 0.1) is 6.54 Å². The first-order valence-corrected chi connectivity index (χ1v) is 6.06. The Morgan fingerprint density at radius 3 is 2.78 bits per heavy atom. The maximum absolute atomic E-state index is 11.9. The minimum absolute atomic E-state index is 0.134. The fraction of sp³-hybridized carbons (Fsp3) is 0.667. The lowest BCUT2D eigenvalue weighted by molar-refractivity contribution is 0.182. The van der Waals surface area contributed by atoms with E-state index in [1.165, 1.54) is 9.80 Å². The van der Waals surface area contributed by atoms with E-state index >= 15 is 0 Å². The van der Waals surface area contributed by atoms with E-state index in [1.54, 1.807) is 13.1 Å². The SMILES string of the molecule is CCC(C)(C)c1cc(N2C(=O)N(C)CC2O)no1. The molecule has 1 aliphatic rings. The second-order valence-corrected chi connectivity index (χ2v) is 5.30. The summed E-state index contributed by atoms with van der Waals surface area (Å²) in [6.07, 6.45) is 0.0306. The quantitative estimate of drug-likeness (QED) is 0.887. The molecule has 0 saturated carbocycles. The lowest BCUT2D eigenvalue weighted by atomic mass is 9.87. The van der Waals surface area contributed by atoms with Gasteiger partial charge in [0.2, 0.25) is 0 Å². The van der Waals surface area contributed by atoms with Crippen LogP contribution in [0.4, 0.5) is 10.6 Å². The number of aromatic nitrogens is 1. The Morgan fingerprint density at radius 1 is 1.61 bits per heavy atom. The van der Waals surface area contributed by atoms with Crippen LogP contribution in [0.15, 0.2) is 10.6 Å². The fourth-order valence-electron chi connectivity index (χ4n) is 1.84. The molecule has 6 nitrogen and oxygen atoms in total. The van der Waals surface area contributed by atoms with E-state index < -0.39 is 6.23 Å². The number of amides is 2. The lowest BCUT2D eigenvalue weighted by Gasteiger charge is -2.18. The molecule has 6 heteroatoms. The maximum atomic E-state index is 11.9. The number of aliphatic hydroxyl groups excluding tert-OH is 1. The van der Waals surface area contributed by atoms with Crippen LogP contribution in [0.3, 0.4) is 0 Å². The molecule has 0 spiro atoms. The van der Waals surface area contributed by atoms with Crippen molar-refractivity contribution in [3.05, 3.63) is 11.8 Å². The third kappa shape index (κ3) is 1.96. The molecule has 1 fully saturated rings. The van der Waals surface area contributed by atoms with Gasteiger partial charge in [-0.15, -0.1) is 0 Å². The number of anilines is 1. The Balaban J connectivity index is 2.28. The summed E-state index contributed by atoms with van der Waals surface area (Å²) in [6.45, 7) is 6.43. The smallest absolute Gasteiger partial charge is 0.327 e. The number of aliphatic hydroxyl groups is 1. The van der Waals surface area contributed by atoms with Crippen LogP contribution in [0.25, 0.3) is 0 Å². The topological polar surface area (TPSA) is 69.8 Å². The highest BCUT2D eigenvalue weighted by molar-refractivity contribution is 5.93. The van der Waals surface area contributed by atoms with Gasteiger partial charge in [0.15, 0.2) is 12.0 Å². The normalized spacial score (nSPS) is 20.9. The molecule has 1 aromatic rings. The lowest BCUT2D eigenvalue weighted by Crippen LogP contribution is -2.34. The van der Waals surface area contributed by atoms with Crippen molar-refractivity contribution in [2.24, 2.45) is 0 Å². The molecule has 1 aliphatic heterocycles. The first-order chi connectivity index (χ1) is 8.36. The molecule has 1 unspecified atom stereocenters. The van der Waals surface area contributed by atoms with Crippen LogP contribution in [0.2, 0.25) is 0 Å². The van der Waals surface area contributed by atoms with E-state index in [1.807, 2.05) is 13.8 Å². The van der Waals surface area contributed by atoms with Gasteiger partial charge in [0.1, 0.15) is 5.76 Å². The van der Waals surface area contributed by atoms with Crippen molar-refractivity contribution < 1.29 is 14.4 Å². The Morgan fingerprint density at radius 2 is 2.28 bits per heavy atom. The average Bonchev–Trinajstić information content (AvgIpc) is 2.86. The number of hydrogen-bond acceptors (Lipinski definition) is 4. The highest BCUT2D eigenvalue weighted by atomic mass is 16.5. The second-order valence-electron chi connectivity index (χ2n) is 5.30. The van der Waals surface area contributed by atoms with Crippen molar-refractivity contribution in [3.63, 3.8) is 0 Å². The molecule has 1 N–H and O–H groups in total. The standard InChI is InChI=1S/C12H19N3O3/c1-5-12(2,3)8-6-9(13-18-8)15-10(16)7-14(4)11(15)17/h6,10,16H,5,7H2,1-4H3. The van der Waals surface area contributed by atoms with Gasteiger partial charge in [-0.3, -0.25) is 0 Å². The molecular formula is C12H19N3O3. The fourth-order valence-corrected chi connectivity index (χ4v) is 1.84. The molecule has 1 saturated heterocycles. The molecular weight excluding hydrogens is 234 g/mol. The van der Waals surface area contributed by atoms with Gasteiger partial charge in [-0.1, -0.05) is 25.9 Å². The van der Waals surface area contributed by atoms with Gasteiger partial charge in [0.25, 0.3) is 0 Å². The van der Waals surface area contributed by atoms with Gasteiger partial charge in [-0.2, -0.15) is 0 Å². The van der Waals surface area contributed by atoms with E-state index in [0.29, 0.717) is 5.82 Å². The number of rotatable bonds is 3. The molecule has 1 atom stereocenters. The summed E-state index contributed by atoms with van der Waals surface area (Å²) in [5.74, 6) is 1.09. The number of β-amino-alcohol motifs (C(OH)–C–C–N with tert-alkyl or cyclic N) is 1. The van der Waals surface area contributed by atoms with Crippen molar-refractivity contribution in [3.8, 4) is 0 Å². The zero-order chi connectivity index (χ0) is 13.5. The minimum atomic E-state index is -0.870. The molecule has 0 bridgehead atoms. The number of nitrogens with zero attached hydrogens (tertiary/aromatic N) is 3. The van der Waals surface area contributed by atoms with Gasteiger partial charge >= 0.3 is 6.03 Å². The van der Waals surface area contributed by atoms with E-state index in [9.17, 15) is 9.90 Å². The van der Waals surface area contributed by atoms with E-state index in [2.05, 4.69) is 12.1 Å². The summed E-state index contributed by atoms with van der Waals surface area (Å²) in [6, 6.07) is 1.46. The molecule has 0 aromatic carbocycles. The predicted molar refractivity (Wildman–Crippen MR) is 66.3 cm³/mol. The summed E-state index contributed by atoms with van der Waals surface area (Å²) in [5.41, 5.74) is -0.134. The van der Waals surface area contributed by atoms with Gasteiger partial charge in [-0.25, -0.2) is 9.69 Å². The predicted octanol–water partition coefficient (Wildman–Crippen LogP) is 1.55. The summed E-state index contributed by atoms with van der Waals surface area (Å²) >= 11 is 0.